The van der Waals surface area contributed by atoms with E-state index in [-0.39, 0.29) is 11.9 Å². The van der Waals surface area contributed by atoms with Crippen molar-refractivity contribution in [3.63, 3.8) is 0 Å². The van der Waals surface area contributed by atoms with E-state index < -0.39 is 0 Å². The summed E-state index contributed by atoms with van der Waals surface area (Å²) in [6.45, 7) is 3.41. The third-order valence-corrected chi connectivity index (χ3v) is 2.64. The van der Waals surface area contributed by atoms with Gasteiger partial charge in [-0.25, -0.2) is 0 Å². The summed E-state index contributed by atoms with van der Waals surface area (Å²) in [5.41, 5.74) is 5.35. The minimum absolute atomic E-state index is 0.127. The van der Waals surface area contributed by atoms with Gasteiger partial charge in [0.05, 0.1) is 0 Å². The molecule has 0 aliphatic carbocycles. The quantitative estimate of drug-likeness (QED) is 0.485. The molecule has 0 aromatic heterocycles. The standard InChI is InChI=1S/C9H17N3O/c1-2-8(13)7-3-5-12(6-4-7)9(10)11/h7H,2-6H2,1H3,(H3,10,11). The van der Waals surface area contributed by atoms with Crippen molar-refractivity contribution < 1.29 is 4.79 Å². The van der Waals surface area contributed by atoms with Crippen LogP contribution in [-0.4, -0.2) is 29.7 Å². The fourth-order valence-corrected chi connectivity index (χ4v) is 1.73. The van der Waals surface area contributed by atoms with Gasteiger partial charge >= 0.3 is 0 Å². The Kier molecular flexibility index (Phi) is 3.28. The summed E-state index contributed by atoms with van der Waals surface area (Å²) < 4.78 is 0. The number of carbonyl (C=O) groups excluding carboxylic acids is 1. The number of rotatable bonds is 2. The SMILES string of the molecule is CCC(=O)C1CCN(C(=N)N)CC1. The summed E-state index contributed by atoms with van der Waals surface area (Å²) in [5.74, 6) is 0.686. The van der Waals surface area contributed by atoms with Crippen LogP contribution in [0.4, 0.5) is 0 Å². The molecule has 4 heteroatoms. The van der Waals surface area contributed by atoms with Crippen molar-refractivity contribution in [3.8, 4) is 0 Å². The molecule has 0 amide bonds. The number of likely N-dealkylation sites (tertiary alicyclic amines) is 1. The molecular weight excluding hydrogens is 166 g/mol. The van der Waals surface area contributed by atoms with Crippen LogP contribution in [0.3, 0.4) is 0 Å². The minimum Gasteiger partial charge on any atom is -0.370 e. The molecule has 0 aromatic rings. The van der Waals surface area contributed by atoms with Crippen LogP contribution in [0.1, 0.15) is 26.2 Å². The minimum atomic E-state index is 0.127. The van der Waals surface area contributed by atoms with E-state index in [1.165, 1.54) is 0 Å². The predicted molar refractivity (Wildman–Crippen MR) is 51.5 cm³/mol. The van der Waals surface area contributed by atoms with Crippen molar-refractivity contribution in [2.45, 2.75) is 26.2 Å². The lowest BCUT2D eigenvalue weighted by Gasteiger charge is -2.31. The highest BCUT2D eigenvalue weighted by Crippen LogP contribution is 2.18. The molecule has 4 nitrogen and oxygen atoms in total. The van der Waals surface area contributed by atoms with Crippen molar-refractivity contribution in [2.75, 3.05) is 13.1 Å². The molecule has 1 fully saturated rings. The van der Waals surface area contributed by atoms with E-state index in [2.05, 4.69) is 0 Å². The number of nitrogens with two attached hydrogens (primary N) is 1. The average molecular weight is 183 g/mol. The van der Waals surface area contributed by atoms with Crippen LogP contribution in [0.15, 0.2) is 0 Å². The fourth-order valence-electron chi connectivity index (χ4n) is 1.73. The molecular formula is C9H17N3O. The first kappa shape index (κ1) is 10.0. The second-order valence-electron chi connectivity index (χ2n) is 3.47. The van der Waals surface area contributed by atoms with Gasteiger partial charge in [-0.15, -0.1) is 0 Å². The van der Waals surface area contributed by atoms with E-state index in [0.717, 1.165) is 25.9 Å². The highest BCUT2D eigenvalue weighted by Gasteiger charge is 2.23. The third kappa shape index (κ3) is 2.44. The molecule has 1 aliphatic heterocycles. The smallest absolute Gasteiger partial charge is 0.188 e. The first-order valence-electron chi connectivity index (χ1n) is 4.76. The Morgan fingerprint density at radius 2 is 2.08 bits per heavy atom. The topological polar surface area (TPSA) is 70.2 Å². The highest BCUT2D eigenvalue weighted by atomic mass is 16.1. The number of piperidine rings is 1. The zero-order valence-electron chi connectivity index (χ0n) is 8.05. The molecule has 0 atom stereocenters. The fraction of sp³-hybridized carbons (Fsp3) is 0.778. The first-order valence-corrected chi connectivity index (χ1v) is 4.76. The van der Waals surface area contributed by atoms with Gasteiger partial charge in [-0.3, -0.25) is 10.2 Å². The summed E-state index contributed by atoms with van der Waals surface area (Å²) in [7, 11) is 0. The molecule has 13 heavy (non-hydrogen) atoms. The molecule has 0 saturated carbocycles. The van der Waals surface area contributed by atoms with Crippen LogP contribution in [0.25, 0.3) is 0 Å². The van der Waals surface area contributed by atoms with Crippen LogP contribution < -0.4 is 5.73 Å². The molecule has 1 saturated heterocycles. The average Bonchev–Trinajstić information content (AvgIpc) is 2.17. The van der Waals surface area contributed by atoms with Crippen LogP contribution in [0.5, 0.6) is 0 Å². The second kappa shape index (κ2) is 4.25. The summed E-state index contributed by atoms with van der Waals surface area (Å²) in [5, 5.41) is 7.23. The van der Waals surface area contributed by atoms with E-state index in [1.54, 1.807) is 0 Å². The maximum absolute atomic E-state index is 11.3. The third-order valence-electron chi connectivity index (χ3n) is 2.64. The maximum atomic E-state index is 11.3. The Labute approximate surface area is 78.6 Å². The molecule has 74 valence electrons. The summed E-state index contributed by atoms with van der Waals surface area (Å²) in [6, 6.07) is 0. The zero-order chi connectivity index (χ0) is 9.84. The monoisotopic (exact) mass is 183 g/mol. The highest BCUT2D eigenvalue weighted by molar-refractivity contribution is 5.81. The number of hydrogen-bond acceptors (Lipinski definition) is 2. The maximum Gasteiger partial charge on any atom is 0.188 e. The van der Waals surface area contributed by atoms with Gasteiger partial charge in [0, 0.05) is 25.4 Å². The van der Waals surface area contributed by atoms with E-state index in [0.29, 0.717) is 12.2 Å². The van der Waals surface area contributed by atoms with Crippen LogP contribution in [0.2, 0.25) is 0 Å². The zero-order valence-corrected chi connectivity index (χ0v) is 8.05. The Balaban J connectivity index is 2.39. The molecule has 0 radical (unpaired) electrons. The molecule has 1 rings (SSSR count). The number of ketones is 1. The summed E-state index contributed by atoms with van der Waals surface area (Å²) in [4.78, 5) is 13.2. The predicted octanol–water partition coefficient (Wildman–Crippen LogP) is 0.571. The second-order valence-corrected chi connectivity index (χ2v) is 3.47. The number of nitrogens with one attached hydrogen (secondary N) is 1. The van der Waals surface area contributed by atoms with E-state index in [9.17, 15) is 4.79 Å². The number of Topliss-reactive ketones (excluding diaryl/α,β-unsaturated/α-hetero) is 1. The molecule has 0 bridgehead atoms. The Bertz CT molecular complexity index is 207. The number of carbonyl (C=O) groups is 1. The van der Waals surface area contributed by atoms with Crippen LogP contribution >= 0.6 is 0 Å². The number of nitrogens with zero attached hydrogens (tertiary/aromatic N) is 1. The molecule has 3 N–H and O–H groups in total. The van der Waals surface area contributed by atoms with Crippen molar-refractivity contribution in [1.82, 2.24) is 4.90 Å². The molecule has 0 aromatic carbocycles. The van der Waals surface area contributed by atoms with Gasteiger partial charge in [0.1, 0.15) is 5.78 Å². The van der Waals surface area contributed by atoms with Gasteiger partial charge in [0.2, 0.25) is 0 Å². The van der Waals surface area contributed by atoms with E-state index in [4.69, 9.17) is 11.1 Å². The number of hydrogen-bond donors (Lipinski definition) is 2. The first-order chi connectivity index (χ1) is 6.15. The lowest BCUT2D eigenvalue weighted by molar-refractivity contribution is -0.123. The van der Waals surface area contributed by atoms with Crippen molar-refractivity contribution in [3.05, 3.63) is 0 Å². The van der Waals surface area contributed by atoms with Gasteiger partial charge < -0.3 is 10.6 Å². The van der Waals surface area contributed by atoms with Crippen molar-refractivity contribution in [2.24, 2.45) is 11.7 Å². The Hall–Kier alpha value is -1.06. The molecule has 1 heterocycles. The molecule has 0 unspecified atom stereocenters. The molecule has 0 spiro atoms. The van der Waals surface area contributed by atoms with Gasteiger partial charge in [-0.2, -0.15) is 0 Å². The van der Waals surface area contributed by atoms with Crippen molar-refractivity contribution in [1.29, 1.82) is 5.41 Å². The van der Waals surface area contributed by atoms with Crippen LogP contribution in [0, 0.1) is 11.3 Å². The lowest BCUT2D eigenvalue weighted by Crippen LogP contribution is -2.43. The summed E-state index contributed by atoms with van der Waals surface area (Å²) in [6.07, 6.45) is 2.34. The van der Waals surface area contributed by atoms with Gasteiger partial charge in [0.15, 0.2) is 5.96 Å². The van der Waals surface area contributed by atoms with E-state index in [1.807, 2.05) is 11.8 Å². The largest absolute Gasteiger partial charge is 0.370 e. The Morgan fingerprint density at radius 1 is 1.54 bits per heavy atom. The van der Waals surface area contributed by atoms with Crippen molar-refractivity contribution >= 4 is 11.7 Å². The Morgan fingerprint density at radius 3 is 2.46 bits per heavy atom. The van der Waals surface area contributed by atoms with Gasteiger partial charge in [-0.1, -0.05) is 6.92 Å². The van der Waals surface area contributed by atoms with Crippen LogP contribution in [-0.2, 0) is 4.79 Å². The number of guanidine groups is 1. The molecule has 1 aliphatic rings. The lowest BCUT2D eigenvalue weighted by atomic mass is 9.91. The van der Waals surface area contributed by atoms with Gasteiger partial charge in [0.25, 0.3) is 0 Å². The van der Waals surface area contributed by atoms with E-state index >= 15 is 0 Å². The summed E-state index contributed by atoms with van der Waals surface area (Å²) >= 11 is 0. The normalized spacial score (nSPS) is 18.7. The van der Waals surface area contributed by atoms with Gasteiger partial charge in [-0.05, 0) is 12.8 Å².